The van der Waals surface area contributed by atoms with Crippen LogP contribution in [0.1, 0.15) is 40.5 Å². The molecule has 78 valence electrons. The number of likely N-dealkylation sites (tertiary alicyclic amines) is 1. The Kier molecular flexibility index (Phi) is 6.65. The maximum atomic E-state index is 10.2. The summed E-state index contributed by atoms with van der Waals surface area (Å²) in [5.41, 5.74) is 0. The number of piperidine rings is 1. The van der Waals surface area contributed by atoms with Crippen LogP contribution in [0.2, 0.25) is 0 Å². The van der Waals surface area contributed by atoms with Crippen LogP contribution in [0.3, 0.4) is 0 Å². The molecule has 0 saturated carbocycles. The van der Waals surface area contributed by atoms with Crippen LogP contribution in [0, 0.1) is 11.8 Å². The lowest BCUT2D eigenvalue weighted by atomic mass is 10.00. The van der Waals surface area contributed by atoms with Crippen molar-refractivity contribution in [2.24, 2.45) is 11.8 Å². The fourth-order valence-electron chi connectivity index (χ4n) is 1.13. The van der Waals surface area contributed by atoms with Gasteiger partial charge in [-0.2, -0.15) is 0 Å². The number of hydrogen-bond acceptors (Lipinski definition) is 1. The third-order valence-electron chi connectivity index (χ3n) is 1.97. The second kappa shape index (κ2) is 6.93. The quantitative estimate of drug-likeness (QED) is 0.575. The molecule has 0 unspecified atom stereocenters. The topological polar surface area (TPSA) is 20.3 Å². The lowest BCUT2D eigenvalue weighted by molar-refractivity contribution is -0.119. The van der Waals surface area contributed by atoms with Gasteiger partial charge in [0.05, 0.1) is 0 Å². The summed E-state index contributed by atoms with van der Waals surface area (Å²) in [5, 5.41) is 0. The monoisotopic (exact) mass is 185 g/mol. The van der Waals surface area contributed by atoms with Gasteiger partial charge in [0.2, 0.25) is 6.41 Å². The normalized spacial score (nSPS) is 18.1. The molecule has 1 amide bonds. The van der Waals surface area contributed by atoms with Crippen LogP contribution in [0.25, 0.3) is 0 Å². The average Bonchev–Trinajstić information content (AvgIpc) is 2.05. The van der Waals surface area contributed by atoms with Crippen molar-refractivity contribution in [2.45, 2.75) is 40.5 Å². The molecule has 0 aromatic heterocycles. The van der Waals surface area contributed by atoms with Gasteiger partial charge in [-0.25, -0.2) is 0 Å². The molecule has 0 aromatic rings. The fraction of sp³-hybridized carbons (Fsp3) is 0.909. The summed E-state index contributed by atoms with van der Waals surface area (Å²) in [5.74, 6) is 1.65. The maximum absolute atomic E-state index is 10.2. The van der Waals surface area contributed by atoms with E-state index >= 15 is 0 Å². The number of rotatable bonds is 1. The lowest BCUT2D eigenvalue weighted by Gasteiger charge is -2.26. The minimum Gasteiger partial charge on any atom is -0.345 e. The smallest absolute Gasteiger partial charge is 0.209 e. The first-order valence-corrected chi connectivity index (χ1v) is 5.25. The largest absolute Gasteiger partial charge is 0.345 e. The summed E-state index contributed by atoms with van der Waals surface area (Å²) in [4.78, 5) is 12.0. The van der Waals surface area contributed by atoms with E-state index in [0.29, 0.717) is 0 Å². The predicted octanol–water partition coefficient (Wildman–Crippen LogP) is 2.54. The van der Waals surface area contributed by atoms with E-state index in [4.69, 9.17) is 0 Å². The molecule has 2 heteroatoms. The molecule has 0 atom stereocenters. The van der Waals surface area contributed by atoms with Gasteiger partial charge in [-0.05, 0) is 24.7 Å². The van der Waals surface area contributed by atoms with Crippen molar-refractivity contribution in [2.75, 3.05) is 13.1 Å². The highest BCUT2D eigenvalue weighted by molar-refractivity contribution is 5.46. The maximum Gasteiger partial charge on any atom is 0.209 e. The molecule has 1 aliphatic heterocycles. The van der Waals surface area contributed by atoms with Gasteiger partial charge in [-0.15, -0.1) is 0 Å². The SMILES string of the molecule is CC(C)C.CC1CCN(C=O)CC1. The van der Waals surface area contributed by atoms with Gasteiger partial charge in [0.25, 0.3) is 0 Å². The molecular weight excluding hydrogens is 162 g/mol. The number of hydrogen-bond donors (Lipinski definition) is 0. The zero-order valence-electron chi connectivity index (χ0n) is 9.42. The van der Waals surface area contributed by atoms with Crippen molar-refractivity contribution < 1.29 is 4.79 Å². The Morgan fingerprint density at radius 1 is 1.23 bits per heavy atom. The zero-order valence-corrected chi connectivity index (χ0v) is 9.42. The second-order valence-electron chi connectivity index (χ2n) is 4.56. The zero-order chi connectivity index (χ0) is 10.3. The fourth-order valence-corrected chi connectivity index (χ4v) is 1.13. The molecule has 0 bridgehead atoms. The molecule has 0 aromatic carbocycles. The summed E-state index contributed by atoms with van der Waals surface area (Å²) >= 11 is 0. The van der Waals surface area contributed by atoms with Crippen molar-refractivity contribution in [3.8, 4) is 0 Å². The molecule has 0 aliphatic carbocycles. The van der Waals surface area contributed by atoms with E-state index in [1.54, 1.807) is 0 Å². The van der Waals surface area contributed by atoms with Crippen LogP contribution in [-0.2, 0) is 4.79 Å². The molecule has 1 aliphatic rings. The van der Waals surface area contributed by atoms with Gasteiger partial charge < -0.3 is 4.90 Å². The molecule has 0 N–H and O–H groups in total. The molecular formula is C11H23NO. The van der Waals surface area contributed by atoms with E-state index in [1.807, 2.05) is 4.90 Å². The standard InChI is InChI=1S/C7H13NO.C4H10/c1-7-2-4-8(6-9)5-3-7;1-4(2)3/h6-7H,2-5H2,1H3;4H,1-3H3. The summed E-state index contributed by atoms with van der Waals surface area (Å²) < 4.78 is 0. The van der Waals surface area contributed by atoms with Crippen LogP contribution in [0.5, 0.6) is 0 Å². The van der Waals surface area contributed by atoms with E-state index in [1.165, 1.54) is 12.8 Å². The minimum absolute atomic E-state index is 0.821. The Bertz CT molecular complexity index is 123. The van der Waals surface area contributed by atoms with Crippen molar-refractivity contribution in [1.82, 2.24) is 4.90 Å². The summed E-state index contributed by atoms with van der Waals surface area (Å²) in [6, 6.07) is 0. The van der Waals surface area contributed by atoms with E-state index < -0.39 is 0 Å². The summed E-state index contributed by atoms with van der Waals surface area (Å²) in [6.45, 7) is 10.7. The Balaban J connectivity index is 0.000000310. The van der Waals surface area contributed by atoms with Crippen molar-refractivity contribution in [3.05, 3.63) is 0 Å². The van der Waals surface area contributed by atoms with Crippen LogP contribution < -0.4 is 0 Å². The van der Waals surface area contributed by atoms with Gasteiger partial charge in [-0.3, -0.25) is 4.79 Å². The van der Waals surface area contributed by atoms with E-state index in [9.17, 15) is 4.79 Å². The number of nitrogens with zero attached hydrogens (tertiary/aromatic N) is 1. The van der Waals surface area contributed by atoms with Crippen LogP contribution >= 0.6 is 0 Å². The Morgan fingerprint density at radius 3 is 1.92 bits per heavy atom. The molecule has 2 nitrogen and oxygen atoms in total. The van der Waals surface area contributed by atoms with Crippen LogP contribution in [0.4, 0.5) is 0 Å². The second-order valence-corrected chi connectivity index (χ2v) is 4.56. The van der Waals surface area contributed by atoms with E-state index in [-0.39, 0.29) is 0 Å². The van der Waals surface area contributed by atoms with Crippen molar-refractivity contribution in [3.63, 3.8) is 0 Å². The molecule has 1 fully saturated rings. The van der Waals surface area contributed by atoms with Crippen LogP contribution in [-0.4, -0.2) is 24.4 Å². The molecule has 1 saturated heterocycles. The summed E-state index contributed by atoms with van der Waals surface area (Å²) in [6.07, 6.45) is 3.31. The Hall–Kier alpha value is -0.530. The first-order chi connectivity index (χ1) is 6.06. The highest BCUT2D eigenvalue weighted by atomic mass is 16.1. The summed E-state index contributed by atoms with van der Waals surface area (Å²) in [7, 11) is 0. The number of amides is 1. The first kappa shape index (κ1) is 12.5. The highest BCUT2D eigenvalue weighted by Crippen LogP contribution is 2.13. The third kappa shape index (κ3) is 7.82. The van der Waals surface area contributed by atoms with E-state index in [2.05, 4.69) is 27.7 Å². The van der Waals surface area contributed by atoms with Gasteiger partial charge >= 0.3 is 0 Å². The number of carbonyl (C=O) groups is 1. The van der Waals surface area contributed by atoms with E-state index in [0.717, 1.165) is 31.3 Å². The Labute approximate surface area is 82.3 Å². The van der Waals surface area contributed by atoms with Gasteiger partial charge in [0.15, 0.2) is 0 Å². The van der Waals surface area contributed by atoms with Crippen molar-refractivity contribution in [1.29, 1.82) is 0 Å². The van der Waals surface area contributed by atoms with Crippen LogP contribution in [0.15, 0.2) is 0 Å². The third-order valence-corrected chi connectivity index (χ3v) is 1.97. The average molecular weight is 185 g/mol. The number of carbonyl (C=O) groups excluding carboxylic acids is 1. The molecule has 0 radical (unpaired) electrons. The first-order valence-electron chi connectivity index (χ1n) is 5.25. The Morgan fingerprint density at radius 2 is 1.62 bits per heavy atom. The van der Waals surface area contributed by atoms with Gasteiger partial charge in [0.1, 0.15) is 0 Å². The highest BCUT2D eigenvalue weighted by Gasteiger charge is 2.12. The molecule has 1 heterocycles. The lowest BCUT2D eigenvalue weighted by Crippen LogP contribution is -2.31. The minimum atomic E-state index is 0.821. The van der Waals surface area contributed by atoms with Gasteiger partial charge in [-0.1, -0.05) is 27.7 Å². The molecule has 1 rings (SSSR count). The molecule has 13 heavy (non-hydrogen) atoms. The molecule has 0 spiro atoms. The van der Waals surface area contributed by atoms with Gasteiger partial charge in [0, 0.05) is 13.1 Å². The predicted molar refractivity (Wildman–Crippen MR) is 56.5 cm³/mol. The van der Waals surface area contributed by atoms with Crippen molar-refractivity contribution >= 4 is 6.41 Å².